The van der Waals surface area contributed by atoms with Crippen molar-refractivity contribution in [2.24, 2.45) is 0 Å². The van der Waals surface area contributed by atoms with E-state index in [0.717, 1.165) is 4.31 Å². The summed E-state index contributed by atoms with van der Waals surface area (Å²) < 4.78 is 65.0. The number of sulfonamides is 1. The van der Waals surface area contributed by atoms with Gasteiger partial charge >= 0.3 is 5.97 Å². The Morgan fingerprint density at radius 3 is 2.21 bits per heavy atom. The highest BCUT2D eigenvalue weighted by Gasteiger charge is 2.39. The van der Waals surface area contributed by atoms with Gasteiger partial charge < -0.3 is 9.47 Å². The van der Waals surface area contributed by atoms with Crippen LogP contribution < -0.4 is 4.74 Å². The third-order valence-corrected chi connectivity index (χ3v) is 6.27. The van der Waals surface area contributed by atoms with Gasteiger partial charge in [0.2, 0.25) is 10.0 Å². The molecule has 1 atom stereocenters. The molecule has 33 heavy (non-hydrogen) atoms. The first-order valence-electron chi connectivity index (χ1n) is 10.3. The fraction of sp³-hybridized carbons (Fsp3) is 0.375. The van der Waals surface area contributed by atoms with Crippen LogP contribution in [0.2, 0.25) is 0 Å². The van der Waals surface area contributed by atoms with E-state index >= 15 is 0 Å². The largest absolute Gasteiger partial charge is 0.491 e. The van der Waals surface area contributed by atoms with Crippen molar-refractivity contribution in [1.82, 2.24) is 4.31 Å². The van der Waals surface area contributed by atoms with E-state index in [2.05, 4.69) is 6.58 Å². The zero-order chi connectivity index (χ0) is 24.6. The van der Waals surface area contributed by atoms with Crippen LogP contribution in [-0.2, 0) is 26.1 Å². The molecule has 0 heterocycles. The van der Waals surface area contributed by atoms with Gasteiger partial charge in [0.05, 0.1) is 10.7 Å². The van der Waals surface area contributed by atoms with Gasteiger partial charge in [0.1, 0.15) is 30.7 Å². The second kappa shape index (κ2) is 11.4. The van der Waals surface area contributed by atoms with Gasteiger partial charge in [0, 0.05) is 13.0 Å². The van der Waals surface area contributed by atoms with Gasteiger partial charge in [-0.05, 0) is 50.6 Å². The topological polar surface area (TPSA) is 72.9 Å². The van der Waals surface area contributed by atoms with Crippen LogP contribution in [0.1, 0.15) is 32.8 Å². The molecule has 0 aliphatic carbocycles. The van der Waals surface area contributed by atoms with Gasteiger partial charge in [-0.2, -0.15) is 4.31 Å². The number of alkyl halides is 1. The summed E-state index contributed by atoms with van der Waals surface area (Å²) in [5, 5.41) is 0. The normalized spacial score (nSPS) is 12.9. The molecule has 9 heteroatoms. The number of hydrogen-bond acceptors (Lipinski definition) is 5. The SMILES string of the molecule is C=C(F)CC(C(=O)OC(C)(C)C)N(Cc1ccccc1)S(=O)(=O)c1ccc(OCCF)cc1. The molecule has 6 nitrogen and oxygen atoms in total. The molecule has 0 bridgehead atoms. The van der Waals surface area contributed by atoms with Crippen LogP contribution in [0, 0.1) is 0 Å². The van der Waals surface area contributed by atoms with Crippen LogP contribution in [0.15, 0.2) is 71.9 Å². The number of ether oxygens (including phenoxy) is 2. The molecular weight excluding hydrogens is 452 g/mol. The van der Waals surface area contributed by atoms with Crippen molar-refractivity contribution in [2.45, 2.75) is 50.3 Å². The summed E-state index contributed by atoms with van der Waals surface area (Å²) in [6.45, 7) is 7.09. The Kier molecular flexibility index (Phi) is 9.13. The van der Waals surface area contributed by atoms with E-state index < -0.39 is 46.6 Å². The highest BCUT2D eigenvalue weighted by Crippen LogP contribution is 2.27. The smallest absolute Gasteiger partial charge is 0.325 e. The van der Waals surface area contributed by atoms with Gasteiger partial charge in [-0.15, -0.1) is 0 Å². The zero-order valence-electron chi connectivity index (χ0n) is 19.0. The Morgan fingerprint density at radius 1 is 1.09 bits per heavy atom. The Bertz CT molecular complexity index is 1030. The molecule has 0 radical (unpaired) electrons. The average molecular weight is 482 g/mol. The van der Waals surface area contributed by atoms with E-state index in [9.17, 15) is 22.0 Å². The number of benzene rings is 2. The number of carbonyl (C=O) groups is 1. The van der Waals surface area contributed by atoms with E-state index in [0.29, 0.717) is 11.3 Å². The van der Waals surface area contributed by atoms with Gasteiger partial charge in [0.25, 0.3) is 0 Å². The Morgan fingerprint density at radius 2 is 1.70 bits per heavy atom. The molecule has 2 aromatic rings. The van der Waals surface area contributed by atoms with Crippen LogP contribution in [0.4, 0.5) is 8.78 Å². The summed E-state index contributed by atoms with van der Waals surface area (Å²) in [6.07, 6.45) is -0.557. The minimum Gasteiger partial charge on any atom is -0.491 e. The molecule has 180 valence electrons. The van der Waals surface area contributed by atoms with E-state index in [1.54, 1.807) is 51.1 Å². The van der Waals surface area contributed by atoms with Crippen molar-refractivity contribution in [1.29, 1.82) is 0 Å². The first-order valence-corrected chi connectivity index (χ1v) is 11.8. The van der Waals surface area contributed by atoms with Crippen LogP contribution >= 0.6 is 0 Å². The zero-order valence-corrected chi connectivity index (χ0v) is 19.8. The lowest BCUT2D eigenvalue weighted by atomic mass is 10.1. The first-order chi connectivity index (χ1) is 15.4. The molecule has 0 aliphatic rings. The summed E-state index contributed by atoms with van der Waals surface area (Å²) in [5.41, 5.74) is -0.313. The molecule has 2 rings (SSSR count). The molecule has 0 spiro atoms. The Hall–Kier alpha value is -2.78. The van der Waals surface area contributed by atoms with Crippen molar-refractivity contribution >= 4 is 16.0 Å². The van der Waals surface area contributed by atoms with Crippen LogP contribution in [0.5, 0.6) is 5.75 Å². The number of hydrogen-bond donors (Lipinski definition) is 0. The molecule has 2 aromatic carbocycles. The highest BCUT2D eigenvalue weighted by atomic mass is 32.2. The van der Waals surface area contributed by atoms with Crippen LogP contribution in [0.25, 0.3) is 0 Å². The maximum atomic E-state index is 13.9. The van der Waals surface area contributed by atoms with Crippen molar-refractivity contribution in [3.63, 3.8) is 0 Å². The second-order valence-electron chi connectivity index (χ2n) is 8.32. The Labute approximate surface area is 193 Å². The molecule has 0 saturated carbocycles. The van der Waals surface area contributed by atoms with Gasteiger partial charge in [0.15, 0.2) is 0 Å². The lowest BCUT2D eigenvalue weighted by Crippen LogP contribution is -2.47. The fourth-order valence-electron chi connectivity index (χ4n) is 3.01. The third-order valence-electron chi connectivity index (χ3n) is 4.40. The number of halogens is 2. The summed E-state index contributed by atoms with van der Waals surface area (Å²) in [6, 6.07) is 12.5. The average Bonchev–Trinajstić information content (AvgIpc) is 2.74. The standard InChI is InChI=1S/C24H29F2NO5S/c1-18(26)16-22(23(28)32-24(2,3)4)27(17-19-8-6-5-7-9-19)33(29,30)21-12-10-20(11-13-21)31-15-14-25/h5-13,22H,1,14-17H2,2-4H3. The summed E-state index contributed by atoms with van der Waals surface area (Å²) >= 11 is 0. The summed E-state index contributed by atoms with van der Waals surface area (Å²) in [5.74, 6) is -1.44. The minimum absolute atomic E-state index is 0.135. The first kappa shape index (κ1) is 26.5. The van der Waals surface area contributed by atoms with Crippen molar-refractivity contribution in [3.8, 4) is 5.75 Å². The maximum absolute atomic E-state index is 13.9. The third kappa shape index (κ3) is 7.94. The lowest BCUT2D eigenvalue weighted by Gasteiger charge is -2.31. The molecule has 1 unspecified atom stereocenters. The molecule has 0 aromatic heterocycles. The molecule has 0 aliphatic heterocycles. The van der Waals surface area contributed by atoms with Crippen molar-refractivity contribution in [3.05, 3.63) is 72.6 Å². The Balaban J connectivity index is 2.52. The number of nitrogens with zero attached hydrogens (tertiary/aromatic N) is 1. The summed E-state index contributed by atoms with van der Waals surface area (Å²) in [7, 11) is -4.29. The lowest BCUT2D eigenvalue weighted by molar-refractivity contribution is -0.159. The predicted molar refractivity (Wildman–Crippen MR) is 122 cm³/mol. The molecule has 0 N–H and O–H groups in total. The fourth-order valence-corrected chi connectivity index (χ4v) is 4.57. The van der Waals surface area contributed by atoms with Crippen LogP contribution in [-0.4, -0.2) is 43.6 Å². The minimum atomic E-state index is -4.29. The summed E-state index contributed by atoms with van der Waals surface area (Å²) in [4.78, 5) is 12.8. The van der Waals surface area contributed by atoms with E-state index in [4.69, 9.17) is 9.47 Å². The van der Waals surface area contributed by atoms with Crippen molar-refractivity contribution < 1.29 is 31.5 Å². The van der Waals surface area contributed by atoms with E-state index in [1.165, 1.54) is 24.3 Å². The molecular formula is C24H29F2NO5S. The number of esters is 1. The van der Waals surface area contributed by atoms with E-state index in [-0.39, 0.29) is 18.0 Å². The van der Waals surface area contributed by atoms with Gasteiger partial charge in [-0.25, -0.2) is 17.2 Å². The van der Waals surface area contributed by atoms with Gasteiger partial charge in [-0.1, -0.05) is 36.9 Å². The second-order valence-corrected chi connectivity index (χ2v) is 10.2. The van der Waals surface area contributed by atoms with Crippen LogP contribution in [0.3, 0.4) is 0 Å². The number of carbonyl (C=O) groups excluding carboxylic acids is 1. The van der Waals surface area contributed by atoms with Gasteiger partial charge in [-0.3, -0.25) is 4.79 Å². The quantitative estimate of drug-likeness (QED) is 0.431. The molecule has 0 fully saturated rings. The van der Waals surface area contributed by atoms with E-state index in [1.807, 2.05) is 0 Å². The molecule has 0 saturated heterocycles. The highest BCUT2D eigenvalue weighted by molar-refractivity contribution is 7.89. The number of rotatable bonds is 11. The van der Waals surface area contributed by atoms with Crippen molar-refractivity contribution in [2.75, 3.05) is 13.3 Å². The molecule has 0 amide bonds. The maximum Gasteiger partial charge on any atom is 0.325 e. The monoisotopic (exact) mass is 481 g/mol. The predicted octanol–water partition coefficient (Wildman–Crippen LogP) is 4.81.